The van der Waals surface area contributed by atoms with Crippen LogP contribution in [0.15, 0.2) is 28.0 Å². The molecule has 0 aliphatic carbocycles. The maximum Gasteiger partial charge on any atom is 0.247 e. The van der Waals surface area contributed by atoms with Crippen LogP contribution in [0.4, 0.5) is 0 Å². The summed E-state index contributed by atoms with van der Waals surface area (Å²) in [6, 6.07) is 2.35. The van der Waals surface area contributed by atoms with Crippen molar-refractivity contribution >= 4 is 10.0 Å². The lowest BCUT2D eigenvalue weighted by atomic mass is 10.5. The summed E-state index contributed by atoms with van der Waals surface area (Å²) in [5, 5.41) is 8.43. The van der Waals surface area contributed by atoms with Crippen molar-refractivity contribution in [3.63, 3.8) is 0 Å². The molecule has 0 fully saturated rings. The number of hydrogen-bond acceptors (Lipinski definition) is 5. The number of ether oxygens (including phenoxy) is 1. The first-order chi connectivity index (χ1) is 8.06. The molecule has 0 spiro atoms. The van der Waals surface area contributed by atoms with Crippen LogP contribution in [-0.2, 0) is 14.8 Å². The second-order valence-electron chi connectivity index (χ2n) is 3.12. The Bertz CT molecular complexity index is 476. The third-order valence-corrected chi connectivity index (χ3v) is 3.30. The molecule has 1 aromatic rings. The number of hydrogen-bond donors (Lipinski definition) is 3. The molecule has 0 saturated carbocycles. The average molecular weight is 262 g/mol. The lowest BCUT2D eigenvalue weighted by Crippen LogP contribution is -2.28. The molecule has 7 nitrogen and oxygen atoms in total. The Morgan fingerprint density at radius 2 is 2.12 bits per heavy atom. The highest BCUT2D eigenvalue weighted by atomic mass is 32.2. The Morgan fingerprint density at radius 1 is 1.35 bits per heavy atom. The number of sulfonamides is 1. The predicted octanol–water partition coefficient (Wildman–Crippen LogP) is -1.34. The third kappa shape index (κ3) is 4.65. The van der Waals surface area contributed by atoms with Gasteiger partial charge in [-0.2, -0.15) is 0 Å². The lowest BCUT2D eigenvalue weighted by molar-refractivity contribution is 0.0961. The molecule has 17 heavy (non-hydrogen) atoms. The Kier molecular flexibility index (Phi) is 5.29. The summed E-state index contributed by atoms with van der Waals surface area (Å²) in [6.07, 6.45) is 1.12. The lowest BCUT2D eigenvalue weighted by Gasteiger charge is -2.06. The first kappa shape index (κ1) is 13.8. The normalized spacial score (nSPS) is 11.6. The summed E-state index contributed by atoms with van der Waals surface area (Å²) in [5.41, 5.74) is -0.366. The molecule has 0 saturated heterocycles. The van der Waals surface area contributed by atoms with E-state index in [1.807, 2.05) is 0 Å². The molecular weight excluding hydrogens is 248 g/mol. The molecule has 0 aromatic carbocycles. The summed E-state index contributed by atoms with van der Waals surface area (Å²) < 4.78 is 30.5. The van der Waals surface area contributed by atoms with Gasteiger partial charge in [-0.15, -0.1) is 0 Å². The van der Waals surface area contributed by atoms with Crippen LogP contribution < -0.4 is 10.3 Å². The van der Waals surface area contributed by atoms with E-state index in [2.05, 4.69) is 9.71 Å². The van der Waals surface area contributed by atoms with E-state index in [1.54, 1.807) is 0 Å². The van der Waals surface area contributed by atoms with E-state index >= 15 is 0 Å². The van der Waals surface area contributed by atoms with Gasteiger partial charge in [-0.25, -0.2) is 13.1 Å². The van der Waals surface area contributed by atoms with Gasteiger partial charge >= 0.3 is 0 Å². The standard InChI is InChI=1S/C9H14N2O5S/c12-4-6-16-5-3-11-17(14,15)8-1-2-9(13)10-7-8/h1-2,7,11-12H,3-6H2,(H,10,13). The number of H-pyrrole nitrogens is 1. The number of pyridine rings is 1. The maximum absolute atomic E-state index is 11.6. The number of aliphatic hydroxyl groups is 1. The predicted molar refractivity (Wildman–Crippen MR) is 60.2 cm³/mol. The molecule has 1 heterocycles. The molecular formula is C9H14N2O5S. The monoisotopic (exact) mass is 262 g/mol. The van der Waals surface area contributed by atoms with Gasteiger partial charge in [0.1, 0.15) is 0 Å². The smallest absolute Gasteiger partial charge is 0.247 e. The van der Waals surface area contributed by atoms with Crippen LogP contribution in [0.5, 0.6) is 0 Å². The number of aromatic nitrogens is 1. The molecule has 0 amide bonds. The SMILES string of the molecule is O=c1ccc(S(=O)(=O)NCCOCCO)c[nH]1. The molecule has 0 bridgehead atoms. The zero-order chi connectivity index (χ0) is 12.7. The van der Waals surface area contributed by atoms with Crippen molar-refractivity contribution < 1.29 is 18.3 Å². The van der Waals surface area contributed by atoms with Crippen LogP contribution in [0, 0.1) is 0 Å². The summed E-state index contributed by atoms with van der Waals surface area (Å²) in [7, 11) is -3.63. The van der Waals surface area contributed by atoms with Crippen LogP contribution in [0.2, 0.25) is 0 Å². The number of rotatable bonds is 7. The molecule has 0 atom stereocenters. The maximum atomic E-state index is 11.6. The largest absolute Gasteiger partial charge is 0.394 e. The summed E-state index contributed by atoms with van der Waals surface area (Å²) in [5.74, 6) is 0. The quantitative estimate of drug-likeness (QED) is 0.527. The van der Waals surface area contributed by atoms with Crippen LogP contribution in [-0.4, -0.2) is 44.9 Å². The van der Waals surface area contributed by atoms with Crippen molar-refractivity contribution in [1.29, 1.82) is 0 Å². The van der Waals surface area contributed by atoms with Gasteiger partial charge in [0.2, 0.25) is 15.6 Å². The molecule has 96 valence electrons. The van der Waals surface area contributed by atoms with E-state index < -0.39 is 10.0 Å². The van der Waals surface area contributed by atoms with Gasteiger partial charge in [0, 0.05) is 18.8 Å². The molecule has 1 aromatic heterocycles. The Labute approximate surface area is 98.5 Å². The summed E-state index contributed by atoms with van der Waals surface area (Å²) >= 11 is 0. The van der Waals surface area contributed by atoms with Crippen LogP contribution in [0.1, 0.15) is 0 Å². The van der Waals surface area contributed by atoms with E-state index in [0.717, 1.165) is 12.3 Å². The molecule has 0 unspecified atom stereocenters. The highest BCUT2D eigenvalue weighted by Gasteiger charge is 2.12. The second kappa shape index (κ2) is 6.50. The molecule has 0 radical (unpaired) electrons. The second-order valence-corrected chi connectivity index (χ2v) is 4.89. The van der Waals surface area contributed by atoms with Crippen molar-refractivity contribution in [2.75, 3.05) is 26.4 Å². The topological polar surface area (TPSA) is 108 Å². The fourth-order valence-corrected chi connectivity index (χ4v) is 2.04. The van der Waals surface area contributed by atoms with Crippen LogP contribution >= 0.6 is 0 Å². The Hall–Kier alpha value is -1.22. The van der Waals surface area contributed by atoms with E-state index in [-0.39, 0.29) is 36.8 Å². The molecule has 0 aliphatic heterocycles. The van der Waals surface area contributed by atoms with E-state index in [0.29, 0.717) is 0 Å². The highest BCUT2D eigenvalue weighted by molar-refractivity contribution is 7.89. The minimum atomic E-state index is -3.63. The highest BCUT2D eigenvalue weighted by Crippen LogP contribution is 2.02. The van der Waals surface area contributed by atoms with Crippen molar-refractivity contribution in [1.82, 2.24) is 9.71 Å². The first-order valence-electron chi connectivity index (χ1n) is 4.93. The minimum absolute atomic E-state index is 0.0146. The molecule has 8 heteroatoms. The van der Waals surface area contributed by atoms with Crippen molar-refractivity contribution in [3.8, 4) is 0 Å². The third-order valence-electron chi connectivity index (χ3n) is 1.84. The van der Waals surface area contributed by atoms with Gasteiger partial charge in [0.05, 0.1) is 24.7 Å². The van der Waals surface area contributed by atoms with Gasteiger partial charge in [0.25, 0.3) is 0 Å². The molecule has 0 aliphatic rings. The van der Waals surface area contributed by atoms with Gasteiger partial charge in [-0.3, -0.25) is 4.79 Å². The van der Waals surface area contributed by atoms with Gasteiger partial charge in [-0.1, -0.05) is 0 Å². The zero-order valence-corrected chi connectivity index (χ0v) is 9.87. The average Bonchev–Trinajstić information content (AvgIpc) is 2.29. The fourth-order valence-electron chi connectivity index (χ4n) is 1.06. The number of aliphatic hydroxyl groups excluding tert-OH is 1. The van der Waals surface area contributed by atoms with Crippen LogP contribution in [0.25, 0.3) is 0 Å². The molecule has 3 N–H and O–H groups in total. The van der Waals surface area contributed by atoms with Crippen LogP contribution in [0.3, 0.4) is 0 Å². The van der Waals surface area contributed by atoms with Crippen molar-refractivity contribution in [3.05, 3.63) is 28.7 Å². The van der Waals surface area contributed by atoms with E-state index in [9.17, 15) is 13.2 Å². The Balaban J connectivity index is 2.51. The summed E-state index contributed by atoms with van der Waals surface area (Å²) in [4.78, 5) is 13.0. The van der Waals surface area contributed by atoms with E-state index in [4.69, 9.17) is 9.84 Å². The van der Waals surface area contributed by atoms with Gasteiger partial charge in [0.15, 0.2) is 0 Å². The zero-order valence-electron chi connectivity index (χ0n) is 9.05. The number of nitrogens with one attached hydrogen (secondary N) is 2. The minimum Gasteiger partial charge on any atom is -0.394 e. The van der Waals surface area contributed by atoms with Crippen molar-refractivity contribution in [2.24, 2.45) is 0 Å². The fraction of sp³-hybridized carbons (Fsp3) is 0.444. The van der Waals surface area contributed by atoms with Crippen molar-refractivity contribution in [2.45, 2.75) is 4.90 Å². The number of aromatic amines is 1. The van der Waals surface area contributed by atoms with Gasteiger partial charge < -0.3 is 14.8 Å². The first-order valence-corrected chi connectivity index (χ1v) is 6.41. The Morgan fingerprint density at radius 3 is 2.71 bits per heavy atom. The van der Waals surface area contributed by atoms with E-state index in [1.165, 1.54) is 6.07 Å². The summed E-state index contributed by atoms with van der Waals surface area (Å²) in [6.45, 7) is 0.331. The van der Waals surface area contributed by atoms with Gasteiger partial charge in [-0.05, 0) is 6.07 Å². The molecule has 1 rings (SSSR count).